The van der Waals surface area contributed by atoms with Crippen LogP contribution in [0.5, 0.6) is 0 Å². The van der Waals surface area contributed by atoms with Gasteiger partial charge >= 0.3 is 0 Å². The van der Waals surface area contributed by atoms with Crippen molar-refractivity contribution in [2.45, 2.75) is 45.0 Å². The van der Waals surface area contributed by atoms with Crippen molar-refractivity contribution in [3.05, 3.63) is 34.9 Å². The van der Waals surface area contributed by atoms with Crippen LogP contribution in [-0.2, 0) is 0 Å². The Hall–Kier alpha value is -1.06. The lowest BCUT2D eigenvalue weighted by molar-refractivity contribution is 0.0745. The van der Waals surface area contributed by atoms with Crippen molar-refractivity contribution in [2.24, 2.45) is 5.92 Å². The van der Waals surface area contributed by atoms with Gasteiger partial charge in [0.1, 0.15) is 12.3 Å². The first-order valence-corrected chi connectivity index (χ1v) is 6.14. The van der Waals surface area contributed by atoms with Crippen LogP contribution in [0.25, 0.3) is 0 Å². The molecule has 1 aliphatic rings. The summed E-state index contributed by atoms with van der Waals surface area (Å²) in [5.41, 5.74) is 0.296. The molecule has 100 valence electrons. The molecule has 1 aliphatic carbocycles. The molecule has 0 spiro atoms. The van der Waals surface area contributed by atoms with Crippen molar-refractivity contribution in [1.82, 2.24) is 0 Å². The van der Waals surface area contributed by atoms with E-state index >= 15 is 0 Å². The second-order valence-corrected chi connectivity index (χ2v) is 5.16. The summed E-state index contributed by atoms with van der Waals surface area (Å²) in [5, 5.41) is 0. The van der Waals surface area contributed by atoms with E-state index in [2.05, 4.69) is 0 Å². The lowest BCUT2D eigenvalue weighted by Gasteiger charge is -2.33. The van der Waals surface area contributed by atoms with Crippen LogP contribution < -0.4 is 0 Å². The van der Waals surface area contributed by atoms with E-state index in [4.69, 9.17) is 0 Å². The van der Waals surface area contributed by atoms with E-state index in [9.17, 15) is 17.6 Å². The van der Waals surface area contributed by atoms with E-state index in [1.54, 1.807) is 0 Å². The van der Waals surface area contributed by atoms with Crippen LogP contribution in [0.1, 0.15) is 36.8 Å². The molecule has 0 bridgehead atoms. The third-order valence-corrected chi connectivity index (χ3v) is 3.91. The van der Waals surface area contributed by atoms with Crippen LogP contribution in [0.4, 0.5) is 17.6 Å². The van der Waals surface area contributed by atoms with Crippen LogP contribution in [0, 0.1) is 24.5 Å². The number of hydrogen-bond donors (Lipinski definition) is 0. The molecule has 0 N–H and O–H groups in total. The van der Waals surface area contributed by atoms with Gasteiger partial charge in [0.05, 0.1) is 0 Å². The fourth-order valence-corrected chi connectivity index (χ4v) is 2.53. The highest BCUT2D eigenvalue weighted by Gasteiger charge is 2.37. The summed E-state index contributed by atoms with van der Waals surface area (Å²) in [6, 6.07) is 2.89. The van der Waals surface area contributed by atoms with Gasteiger partial charge in [-0.2, -0.15) is 0 Å². The first-order valence-electron chi connectivity index (χ1n) is 6.14. The van der Waals surface area contributed by atoms with Gasteiger partial charge in [0.25, 0.3) is 0 Å². The zero-order valence-electron chi connectivity index (χ0n) is 10.4. The first kappa shape index (κ1) is 13.4. The van der Waals surface area contributed by atoms with Crippen molar-refractivity contribution >= 4 is 0 Å². The Morgan fingerprint density at radius 1 is 1.00 bits per heavy atom. The number of rotatable bonds is 1. The van der Waals surface area contributed by atoms with Crippen molar-refractivity contribution in [2.75, 3.05) is 0 Å². The van der Waals surface area contributed by atoms with Gasteiger partial charge in [-0.05, 0) is 36.8 Å². The normalized spacial score (nSPS) is 32.6. The third-order valence-electron chi connectivity index (χ3n) is 3.91. The van der Waals surface area contributed by atoms with E-state index in [0.717, 1.165) is 0 Å². The molecule has 1 saturated carbocycles. The van der Waals surface area contributed by atoms with Crippen LogP contribution >= 0.6 is 0 Å². The summed E-state index contributed by atoms with van der Waals surface area (Å²) in [7, 11) is 0. The Kier molecular flexibility index (Phi) is 3.64. The van der Waals surface area contributed by atoms with Gasteiger partial charge in [-0.25, -0.2) is 17.6 Å². The quantitative estimate of drug-likeness (QED) is 0.654. The van der Waals surface area contributed by atoms with Crippen LogP contribution in [-0.4, -0.2) is 12.3 Å². The minimum absolute atomic E-state index is 0.0566. The predicted octanol–water partition coefficient (Wildman–Crippen LogP) is 4.46. The highest BCUT2D eigenvalue weighted by molar-refractivity contribution is 5.29. The number of benzene rings is 1. The molecule has 18 heavy (non-hydrogen) atoms. The first-order chi connectivity index (χ1) is 8.41. The maximum Gasteiger partial charge on any atom is 0.162 e. The Morgan fingerprint density at radius 3 is 2.11 bits per heavy atom. The second-order valence-electron chi connectivity index (χ2n) is 5.16. The molecule has 1 fully saturated rings. The maximum absolute atomic E-state index is 13.8. The lowest BCUT2D eigenvalue weighted by Crippen LogP contribution is -2.33. The molecule has 0 amide bonds. The Labute approximate surface area is 104 Å². The van der Waals surface area contributed by atoms with E-state index in [-0.39, 0.29) is 24.0 Å². The minimum atomic E-state index is -1.30. The molecule has 1 aromatic carbocycles. The molecule has 4 heteroatoms. The Balaban J connectivity index is 2.30. The highest BCUT2D eigenvalue weighted by Crippen LogP contribution is 2.40. The average molecular weight is 260 g/mol. The van der Waals surface area contributed by atoms with Gasteiger partial charge in [0.15, 0.2) is 11.6 Å². The summed E-state index contributed by atoms with van der Waals surface area (Å²) in [5.74, 6) is -3.13. The van der Waals surface area contributed by atoms with E-state index in [1.165, 1.54) is 26.0 Å². The maximum atomic E-state index is 13.8. The van der Waals surface area contributed by atoms with E-state index < -0.39 is 35.8 Å². The third kappa shape index (κ3) is 2.25. The minimum Gasteiger partial charge on any atom is -0.247 e. The largest absolute Gasteiger partial charge is 0.247 e. The van der Waals surface area contributed by atoms with Crippen molar-refractivity contribution < 1.29 is 17.6 Å². The van der Waals surface area contributed by atoms with Gasteiger partial charge in [0.2, 0.25) is 0 Å². The molecule has 1 aromatic rings. The molecule has 2 unspecified atom stereocenters. The van der Waals surface area contributed by atoms with Crippen LogP contribution in [0.15, 0.2) is 12.1 Å². The van der Waals surface area contributed by atoms with Crippen molar-refractivity contribution in [3.8, 4) is 0 Å². The summed E-state index contributed by atoms with van der Waals surface area (Å²) in [4.78, 5) is 0. The molecule has 0 aliphatic heterocycles. The molecule has 0 saturated heterocycles. The average Bonchev–Trinajstić information content (AvgIpc) is 2.33. The number of hydrogen-bond acceptors (Lipinski definition) is 0. The van der Waals surface area contributed by atoms with Crippen molar-refractivity contribution in [1.29, 1.82) is 0 Å². The Bertz CT molecular complexity index is 432. The lowest BCUT2D eigenvalue weighted by atomic mass is 9.77. The Morgan fingerprint density at radius 2 is 1.56 bits per heavy atom. The molecular formula is C14H16F4. The molecule has 0 nitrogen and oxygen atoms in total. The van der Waals surface area contributed by atoms with Gasteiger partial charge < -0.3 is 0 Å². The number of halogens is 4. The van der Waals surface area contributed by atoms with E-state index in [0.29, 0.717) is 0 Å². The van der Waals surface area contributed by atoms with Crippen LogP contribution in [0.2, 0.25) is 0 Å². The SMILES string of the molecule is Cc1ccc(C2CC(F)C(C)C(F)C2)c(F)c1F. The zero-order chi connectivity index (χ0) is 13.4. The summed E-state index contributed by atoms with van der Waals surface area (Å²) < 4.78 is 54.5. The van der Waals surface area contributed by atoms with Gasteiger partial charge in [-0.15, -0.1) is 0 Å². The van der Waals surface area contributed by atoms with E-state index in [1.807, 2.05) is 0 Å². The molecule has 0 aromatic heterocycles. The summed E-state index contributed by atoms with van der Waals surface area (Å²) in [6.07, 6.45) is -2.49. The number of alkyl halides is 2. The van der Waals surface area contributed by atoms with Crippen molar-refractivity contribution in [3.63, 3.8) is 0 Å². The summed E-state index contributed by atoms with van der Waals surface area (Å²) in [6.45, 7) is 2.97. The molecule has 2 atom stereocenters. The molecular weight excluding hydrogens is 244 g/mol. The predicted molar refractivity (Wildman–Crippen MR) is 62.0 cm³/mol. The topological polar surface area (TPSA) is 0 Å². The fourth-order valence-electron chi connectivity index (χ4n) is 2.53. The van der Waals surface area contributed by atoms with Gasteiger partial charge in [0, 0.05) is 5.92 Å². The monoisotopic (exact) mass is 260 g/mol. The zero-order valence-corrected chi connectivity index (χ0v) is 10.4. The number of aryl methyl sites for hydroxylation is 1. The smallest absolute Gasteiger partial charge is 0.162 e. The highest BCUT2D eigenvalue weighted by atomic mass is 19.2. The van der Waals surface area contributed by atoms with Crippen LogP contribution in [0.3, 0.4) is 0 Å². The molecule has 0 radical (unpaired) electrons. The molecule has 0 heterocycles. The standard InChI is InChI=1S/C14H16F4/c1-7-3-4-10(14(18)13(7)17)9-5-11(15)8(2)12(16)6-9/h3-4,8-9,11-12H,5-6H2,1-2H3. The second kappa shape index (κ2) is 4.90. The van der Waals surface area contributed by atoms with Gasteiger partial charge in [-0.1, -0.05) is 19.1 Å². The molecule has 2 rings (SSSR count). The van der Waals surface area contributed by atoms with Gasteiger partial charge in [-0.3, -0.25) is 0 Å². The summed E-state index contributed by atoms with van der Waals surface area (Å²) >= 11 is 0. The fraction of sp³-hybridized carbons (Fsp3) is 0.571.